The highest BCUT2D eigenvalue weighted by Crippen LogP contribution is 2.36. The first-order chi connectivity index (χ1) is 15.3. The molecule has 1 aromatic heterocycles. The molecule has 0 unspecified atom stereocenters. The molecule has 4 nitrogen and oxygen atoms in total. The summed E-state index contributed by atoms with van der Waals surface area (Å²) in [5.41, 5.74) is 2.17. The number of rotatable bonds is 4. The minimum Gasteiger partial charge on any atom is -0.308 e. The van der Waals surface area contributed by atoms with Gasteiger partial charge in [0.05, 0.1) is 16.3 Å². The van der Waals surface area contributed by atoms with Gasteiger partial charge in [-0.15, -0.1) is 11.3 Å². The van der Waals surface area contributed by atoms with E-state index in [2.05, 4.69) is 15.6 Å². The van der Waals surface area contributed by atoms with Gasteiger partial charge >= 0.3 is 12.2 Å². The Morgan fingerprint density at radius 2 is 1.53 bits per heavy atom. The topological polar surface area (TPSA) is 54.0 Å². The number of urea groups is 1. The van der Waals surface area contributed by atoms with E-state index in [9.17, 15) is 18.0 Å². The zero-order valence-electron chi connectivity index (χ0n) is 16.3. The normalized spacial score (nSPS) is 11.2. The molecular formula is C23H15ClF3N3OS. The van der Waals surface area contributed by atoms with Gasteiger partial charge in [-0.05, 0) is 30.3 Å². The Morgan fingerprint density at radius 1 is 0.875 bits per heavy atom. The standard InChI is InChI=1S/C23H15ClF3N3OS/c24-19-11-10-17(12-18(19)23(25,26)27)29-22(31)28-16-8-6-14(7-9-16)20-13-32-21(30-20)15-4-2-1-3-5-15/h1-13H,(H2,28,29,31). The van der Waals surface area contributed by atoms with Crippen molar-refractivity contribution in [3.05, 3.63) is 88.8 Å². The fourth-order valence-electron chi connectivity index (χ4n) is 2.96. The molecule has 0 aliphatic carbocycles. The quantitative estimate of drug-likeness (QED) is 0.318. The largest absolute Gasteiger partial charge is 0.417 e. The summed E-state index contributed by atoms with van der Waals surface area (Å²) in [7, 11) is 0. The van der Waals surface area contributed by atoms with Gasteiger partial charge in [-0.3, -0.25) is 0 Å². The molecule has 0 saturated heterocycles. The number of hydrogen-bond donors (Lipinski definition) is 2. The number of aromatic nitrogens is 1. The van der Waals surface area contributed by atoms with Crippen LogP contribution >= 0.6 is 22.9 Å². The molecule has 0 bridgehead atoms. The summed E-state index contributed by atoms with van der Waals surface area (Å²) >= 11 is 7.13. The van der Waals surface area contributed by atoms with Crippen LogP contribution in [-0.2, 0) is 6.18 Å². The Hall–Kier alpha value is -3.36. The molecule has 2 amide bonds. The number of anilines is 2. The zero-order valence-corrected chi connectivity index (χ0v) is 17.9. The van der Waals surface area contributed by atoms with Crippen molar-refractivity contribution in [2.24, 2.45) is 0 Å². The van der Waals surface area contributed by atoms with E-state index < -0.39 is 22.8 Å². The number of alkyl halides is 3. The van der Waals surface area contributed by atoms with Gasteiger partial charge in [-0.25, -0.2) is 9.78 Å². The van der Waals surface area contributed by atoms with E-state index >= 15 is 0 Å². The van der Waals surface area contributed by atoms with Crippen molar-refractivity contribution in [3.63, 3.8) is 0 Å². The van der Waals surface area contributed by atoms with E-state index in [0.29, 0.717) is 5.69 Å². The van der Waals surface area contributed by atoms with E-state index in [-0.39, 0.29) is 5.69 Å². The lowest BCUT2D eigenvalue weighted by Gasteiger charge is -2.12. The van der Waals surface area contributed by atoms with Crippen LogP contribution in [0, 0.1) is 0 Å². The third kappa shape index (κ3) is 5.09. The summed E-state index contributed by atoms with van der Waals surface area (Å²) in [6.07, 6.45) is -4.61. The molecule has 9 heteroatoms. The lowest BCUT2D eigenvalue weighted by molar-refractivity contribution is -0.137. The summed E-state index contributed by atoms with van der Waals surface area (Å²) in [5, 5.41) is 7.40. The molecule has 0 spiro atoms. The number of carbonyl (C=O) groups is 1. The van der Waals surface area contributed by atoms with Crippen molar-refractivity contribution in [1.29, 1.82) is 0 Å². The number of halogens is 4. The summed E-state index contributed by atoms with van der Waals surface area (Å²) in [6.45, 7) is 0. The van der Waals surface area contributed by atoms with Crippen LogP contribution in [0.3, 0.4) is 0 Å². The zero-order chi connectivity index (χ0) is 22.7. The highest BCUT2D eigenvalue weighted by atomic mass is 35.5. The minimum absolute atomic E-state index is 0.0215. The number of amides is 2. The molecule has 1 heterocycles. The van der Waals surface area contributed by atoms with Crippen LogP contribution in [0.5, 0.6) is 0 Å². The van der Waals surface area contributed by atoms with Crippen molar-refractivity contribution < 1.29 is 18.0 Å². The Kier molecular flexibility index (Phi) is 6.16. The van der Waals surface area contributed by atoms with Crippen molar-refractivity contribution >= 4 is 40.3 Å². The van der Waals surface area contributed by atoms with E-state index in [4.69, 9.17) is 11.6 Å². The lowest BCUT2D eigenvalue weighted by Crippen LogP contribution is -2.19. The first-order valence-electron chi connectivity index (χ1n) is 9.36. The number of carbonyl (C=O) groups excluding carboxylic acids is 1. The minimum atomic E-state index is -4.61. The maximum Gasteiger partial charge on any atom is 0.417 e. The molecule has 32 heavy (non-hydrogen) atoms. The molecule has 0 fully saturated rings. The second kappa shape index (κ2) is 9.02. The Labute approximate surface area is 190 Å². The number of thiazole rings is 1. The van der Waals surface area contributed by atoms with Crippen LogP contribution in [0.15, 0.2) is 78.2 Å². The van der Waals surface area contributed by atoms with Gasteiger partial charge in [0.25, 0.3) is 0 Å². The highest BCUT2D eigenvalue weighted by molar-refractivity contribution is 7.13. The fourth-order valence-corrected chi connectivity index (χ4v) is 4.02. The Bertz CT molecular complexity index is 1240. The van der Waals surface area contributed by atoms with Crippen LogP contribution in [0.4, 0.5) is 29.3 Å². The molecule has 2 N–H and O–H groups in total. The van der Waals surface area contributed by atoms with E-state index in [0.717, 1.165) is 34.0 Å². The molecular weight excluding hydrogens is 459 g/mol. The summed E-state index contributed by atoms with van der Waals surface area (Å²) in [5.74, 6) is 0. The molecule has 4 aromatic rings. The van der Waals surface area contributed by atoms with Crippen LogP contribution in [-0.4, -0.2) is 11.0 Å². The van der Waals surface area contributed by atoms with Crippen LogP contribution in [0.1, 0.15) is 5.56 Å². The maximum absolute atomic E-state index is 13.0. The number of hydrogen-bond acceptors (Lipinski definition) is 3. The average molecular weight is 474 g/mol. The van der Waals surface area contributed by atoms with Gasteiger partial charge in [-0.1, -0.05) is 54.1 Å². The summed E-state index contributed by atoms with van der Waals surface area (Å²) < 4.78 is 38.9. The monoisotopic (exact) mass is 473 g/mol. The predicted octanol–water partition coefficient (Wildman–Crippen LogP) is 7.79. The molecule has 0 atom stereocenters. The van der Waals surface area contributed by atoms with Crippen molar-refractivity contribution in [2.45, 2.75) is 6.18 Å². The fraction of sp³-hybridized carbons (Fsp3) is 0.0435. The van der Waals surface area contributed by atoms with Gasteiger partial charge < -0.3 is 10.6 Å². The second-order valence-electron chi connectivity index (χ2n) is 6.75. The van der Waals surface area contributed by atoms with E-state index in [1.165, 1.54) is 17.4 Å². The van der Waals surface area contributed by atoms with Gasteiger partial charge in [0.2, 0.25) is 0 Å². The molecule has 4 rings (SSSR count). The van der Waals surface area contributed by atoms with E-state index in [1.807, 2.05) is 47.8 Å². The highest BCUT2D eigenvalue weighted by Gasteiger charge is 2.33. The van der Waals surface area contributed by atoms with Crippen molar-refractivity contribution in [3.8, 4) is 21.8 Å². The third-order valence-corrected chi connectivity index (χ3v) is 5.71. The number of nitrogens with zero attached hydrogens (tertiary/aromatic N) is 1. The first kappa shape index (κ1) is 21.9. The Balaban J connectivity index is 1.42. The number of benzene rings is 3. The third-order valence-electron chi connectivity index (χ3n) is 4.49. The Morgan fingerprint density at radius 3 is 2.22 bits per heavy atom. The maximum atomic E-state index is 13.0. The molecule has 162 valence electrons. The first-order valence-corrected chi connectivity index (χ1v) is 10.6. The smallest absolute Gasteiger partial charge is 0.308 e. The van der Waals surface area contributed by atoms with Gasteiger partial charge in [0.1, 0.15) is 5.01 Å². The molecule has 0 aliphatic heterocycles. The predicted molar refractivity (Wildman–Crippen MR) is 122 cm³/mol. The van der Waals surface area contributed by atoms with Crippen LogP contribution in [0.25, 0.3) is 21.8 Å². The average Bonchev–Trinajstić information content (AvgIpc) is 3.26. The van der Waals surface area contributed by atoms with Gasteiger partial charge in [-0.2, -0.15) is 13.2 Å². The van der Waals surface area contributed by atoms with Crippen molar-refractivity contribution in [1.82, 2.24) is 4.98 Å². The molecule has 0 radical (unpaired) electrons. The second-order valence-corrected chi connectivity index (χ2v) is 8.02. The summed E-state index contributed by atoms with van der Waals surface area (Å²) in [4.78, 5) is 16.8. The van der Waals surface area contributed by atoms with Crippen LogP contribution < -0.4 is 10.6 Å². The summed E-state index contributed by atoms with van der Waals surface area (Å²) in [6, 6.07) is 19.4. The van der Waals surface area contributed by atoms with Crippen LogP contribution in [0.2, 0.25) is 5.02 Å². The van der Waals surface area contributed by atoms with Gasteiger partial charge in [0.15, 0.2) is 0 Å². The van der Waals surface area contributed by atoms with Gasteiger partial charge in [0, 0.05) is 27.9 Å². The number of nitrogens with one attached hydrogen (secondary N) is 2. The lowest BCUT2D eigenvalue weighted by atomic mass is 10.1. The molecule has 0 aliphatic rings. The van der Waals surface area contributed by atoms with Crippen molar-refractivity contribution in [2.75, 3.05) is 10.6 Å². The SMILES string of the molecule is O=C(Nc1ccc(-c2csc(-c3ccccc3)n2)cc1)Nc1ccc(Cl)c(C(F)(F)F)c1. The van der Waals surface area contributed by atoms with E-state index in [1.54, 1.807) is 12.1 Å². The molecule has 3 aromatic carbocycles. The molecule has 0 saturated carbocycles.